The number of carbonyl (C=O) groups excluding carboxylic acids is 2. The first kappa shape index (κ1) is 21.1. The van der Waals surface area contributed by atoms with Crippen LogP contribution in [0.15, 0.2) is 42.9 Å². The van der Waals surface area contributed by atoms with Crippen molar-refractivity contribution in [1.82, 2.24) is 34.4 Å². The molecule has 1 unspecified atom stereocenters. The van der Waals surface area contributed by atoms with Gasteiger partial charge in [0.15, 0.2) is 17.2 Å². The third-order valence-electron chi connectivity index (χ3n) is 6.33. The number of hydrogen-bond acceptors (Lipinski definition) is 8. The highest BCUT2D eigenvalue weighted by molar-refractivity contribution is 5.95. The number of fused-ring (bicyclic) bond motifs is 2. The van der Waals surface area contributed by atoms with E-state index in [0.717, 1.165) is 25.2 Å². The molecule has 4 aromatic rings. The number of anilines is 4. The molecule has 2 aliphatic rings. The molecule has 35 heavy (non-hydrogen) atoms. The van der Waals surface area contributed by atoms with E-state index in [1.54, 1.807) is 30.3 Å². The molecule has 6 rings (SSSR count). The van der Waals surface area contributed by atoms with Crippen LogP contribution in [0.3, 0.4) is 0 Å². The molecule has 1 fully saturated rings. The number of rotatable bonds is 6. The van der Waals surface area contributed by atoms with Crippen molar-refractivity contribution in [3.63, 3.8) is 0 Å². The van der Waals surface area contributed by atoms with Crippen molar-refractivity contribution >= 4 is 40.6 Å². The van der Waals surface area contributed by atoms with Crippen molar-refractivity contribution in [2.75, 3.05) is 29.1 Å². The molecule has 0 aromatic carbocycles. The highest BCUT2D eigenvalue weighted by Crippen LogP contribution is 2.26. The van der Waals surface area contributed by atoms with Crippen molar-refractivity contribution in [2.24, 2.45) is 0 Å². The molecule has 6 heterocycles. The summed E-state index contributed by atoms with van der Waals surface area (Å²) in [4.78, 5) is 40.3. The summed E-state index contributed by atoms with van der Waals surface area (Å²) in [6, 6.07) is 7.10. The number of pyridine rings is 1. The number of aryl methyl sites for hydroxylation is 1. The van der Waals surface area contributed by atoms with Gasteiger partial charge in [0.2, 0.25) is 5.91 Å². The lowest BCUT2D eigenvalue weighted by atomic mass is 10.2. The van der Waals surface area contributed by atoms with Crippen LogP contribution in [0.2, 0.25) is 0 Å². The second-order valence-electron chi connectivity index (χ2n) is 8.52. The lowest BCUT2D eigenvalue weighted by Crippen LogP contribution is -2.29. The van der Waals surface area contributed by atoms with Gasteiger partial charge in [-0.15, -0.1) is 5.10 Å². The smallest absolute Gasteiger partial charge is 0.272 e. The summed E-state index contributed by atoms with van der Waals surface area (Å²) in [5.74, 6) is 2.26. The molecular formula is C23H24N10O2. The van der Waals surface area contributed by atoms with Gasteiger partial charge in [0.1, 0.15) is 17.5 Å². The van der Waals surface area contributed by atoms with E-state index in [0.29, 0.717) is 47.4 Å². The molecule has 1 saturated heterocycles. The van der Waals surface area contributed by atoms with Crippen LogP contribution < -0.4 is 20.9 Å². The van der Waals surface area contributed by atoms with Crippen LogP contribution in [0.5, 0.6) is 0 Å². The third kappa shape index (κ3) is 3.72. The maximum absolute atomic E-state index is 13.2. The molecule has 12 nitrogen and oxygen atoms in total. The van der Waals surface area contributed by atoms with Crippen LogP contribution in [0.1, 0.15) is 41.6 Å². The van der Waals surface area contributed by atoms with Gasteiger partial charge in [-0.05, 0) is 25.0 Å². The molecule has 12 heteroatoms. The van der Waals surface area contributed by atoms with E-state index in [9.17, 15) is 9.59 Å². The van der Waals surface area contributed by atoms with Crippen molar-refractivity contribution in [1.29, 1.82) is 0 Å². The summed E-state index contributed by atoms with van der Waals surface area (Å²) >= 11 is 0. The molecule has 0 bridgehead atoms. The average molecular weight is 473 g/mol. The van der Waals surface area contributed by atoms with Crippen molar-refractivity contribution in [3.8, 4) is 0 Å². The van der Waals surface area contributed by atoms with Gasteiger partial charge in [-0.1, -0.05) is 6.07 Å². The van der Waals surface area contributed by atoms with Crippen molar-refractivity contribution in [2.45, 2.75) is 31.8 Å². The zero-order valence-corrected chi connectivity index (χ0v) is 19.1. The lowest BCUT2D eigenvalue weighted by Gasteiger charge is -2.16. The molecular weight excluding hydrogens is 448 g/mol. The quantitative estimate of drug-likeness (QED) is 0.388. The normalized spacial score (nSPS) is 17.1. The van der Waals surface area contributed by atoms with Gasteiger partial charge in [0.05, 0.1) is 17.9 Å². The molecule has 0 radical (unpaired) electrons. The predicted octanol–water partition coefficient (Wildman–Crippen LogP) is 2.11. The highest BCUT2D eigenvalue weighted by Gasteiger charge is 2.27. The Morgan fingerprint density at radius 2 is 2.09 bits per heavy atom. The molecule has 178 valence electrons. The van der Waals surface area contributed by atoms with Gasteiger partial charge in [-0.2, -0.15) is 0 Å². The number of nitrogens with zero attached hydrogens (tertiary/aromatic N) is 7. The van der Waals surface area contributed by atoms with Crippen LogP contribution in [0, 0.1) is 0 Å². The zero-order chi connectivity index (χ0) is 23.9. The topological polar surface area (TPSA) is 134 Å². The van der Waals surface area contributed by atoms with E-state index < -0.39 is 0 Å². The van der Waals surface area contributed by atoms with Crippen molar-refractivity contribution < 1.29 is 9.59 Å². The van der Waals surface area contributed by atoms with E-state index in [-0.39, 0.29) is 17.9 Å². The molecule has 1 atom stereocenters. The molecule has 2 aliphatic heterocycles. The van der Waals surface area contributed by atoms with Crippen LogP contribution in [0.25, 0.3) is 5.65 Å². The number of carbonyl (C=O) groups is 2. The summed E-state index contributed by atoms with van der Waals surface area (Å²) in [5.41, 5.74) is 1.54. The van der Waals surface area contributed by atoms with Gasteiger partial charge < -0.3 is 20.5 Å². The first-order valence-corrected chi connectivity index (χ1v) is 11.5. The fourth-order valence-electron chi connectivity index (χ4n) is 4.62. The Hall–Kier alpha value is -4.48. The summed E-state index contributed by atoms with van der Waals surface area (Å²) in [5, 5.41) is 14.0. The van der Waals surface area contributed by atoms with E-state index >= 15 is 0 Å². The van der Waals surface area contributed by atoms with E-state index in [4.69, 9.17) is 0 Å². The molecule has 2 amide bonds. The Labute approximate surface area is 200 Å². The molecule has 0 saturated carbocycles. The summed E-state index contributed by atoms with van der Waals surface area (Å²) in [6.07, 6.45) is 7.32. The Bertz CT molecular complexity index is 1440. The Morgan fingerprint density at radius 3 is 2.91 bits per heavy atom. The predicted molar refractivity (Wildman–Crippen MR) is 129 cm³/mol. The second kappa shape index (κ2) is 8.38. The Morgan fingerprint density at radius 1 is 1.17 bits per heavy atom. The molecule has 3 N–H and O–H groups in total. The third-order valence-corrected chi connectivity index (χ3v) is 6.33. The van der Waals surface area contributed by atoms with E-state index in [1.165, 1.54) is 10.7 Å². The first-order chi connectivity index (χ1) is 17.1. The maximum Gasteiger partial charge on any atom is 0.272 e. The summed E-state index contributed by atoms with van der Waals surface area (Å²) in [6.45, 7) is 1.48. The molecule has 0 aliphatic carbocycles. The number of nitrogens with one attached hydrogen (secondary N) is 3. The van der Waals surface area contributed by atoms with E-state index in [2.05, 4.69) is 36.0 Å². The summed E-state index contributed by atoms with van der Waals surface area (Å²) < 4.78 is 3.55. The van der Waals surface area contributed by atoms with Crippen LogP contribution in [-0.2, 0) is 11.3 Å². The monoisotopic (exact) mass is 472 g/mol. The number of hydrogen-bond donors (Lipinski definition) is 3. The van der Waals surface area contributed by atoms with Crippen LogP contribution >= 0.6 is 0 Å². The van der Waals surface area contributed by atoms with Gasteiger partial charge in [0, 0.05) is 45.0 Å². The Kier molecular flexibility index (Phi) is 5.05. The van der Waals surface area contributed by atoms with Gasteiger partial charge in [-0.25, -0.2) is 19.5 Å². The highest BCUT2D eigenvalue weighted by atomic mass is 16.2. The van der Waals surface area contributed by atoms with Crippen molar-refractivity contribution in [3.05, 3.63) is 54.4 Å². The first-order valence-electron chi connectivity index (χ1n) is 11.5. The van der Waals surface area contributed by atoms with Crippen LogP contribution in [-0.4, -0.2) is 54.5 Å². The fraction of sp³-hybridized carbons (Fsp3) is 0.304. The van der Waals surface area contributed by atoms with Gasteiger partial charge in [0.25, 0.3) is 5.91 Å². The Balaban J connectivity index is 1.29. The molecule has 4 aromatic heterocycles. The largest absolute Gasteiger partial charge is 0.385 e. The number of imidazole rings is 2. The minimum absolute atomic E-state index is 0.0745. The second-order valence-corrected chi connectivity index (χ2v) is 8.52. The maximum atomic E-state index is 13.2. The van der Waals surface area contributed by atoms with Gasteiger partial charge in [-0.3, -0.25) is 14.5 Å². The van der Waals surface area contributed by atoms with E-state index in [1.807, 2.05) is 22.9 Å². The minimum Gasteiger partial charge on any atom is -0.385 e. The minimum atomic E-state index is -0.279. The summed E-state index contributed by atoms with van der Waals surface area (Å²) in [7, 11) is 1.78. The fourth-order valence-corrected chi connectivity index (χ4v) is 4.62. The SMILES string of the molecule is CNc1cc(Nc2cccc(N3CCCC3=O)n2)nn2c(C(=O)NC3CCn4ccnc43)cnc12. The zero-order valence-electron chi connectivity index (χ0n) is 19.1. The average Bonchev–Trinajstić information content (AvgIpc) is 3.64. The van der Waals surface area contributed by atoms with Crippen LogP contribution in [0.4, 0.5) is 23.1 Å². The standard InChI is InChI=1S/C23H24N10O2/c1-24-15-12-18(28-17-4-2-5-19(29-17)32-9-3-6-20(32)34)30-33-16(13-26-22(15)33)23(35)27-14-7-10-31-11-8-25-21(14)31/h2,4-5,8,11-14,24H,3,6-7,9-10H2,1H3,(H,27,35)(H,28,29,30). The van der Waals surface area contributed by atoms with Gasteiger partial charge >= 0.3 is 0 Å². The number of aromatic nitrogens is 6. The lowest BCUT2D eigenvalue weighted by molar-refractivity contribution is -0.117. The number of amides is 2. The molecule has 0 spiro atoms.